The summed E-state index contributed by atoms with van der Waals surface area (Å²) in [6.07, 6.45) is 0.269. The average molecular weight is 438 g/mol. The van der Waals surface area contributed by atoms with Gasteiger partial charge in [0.05, 0.1) is 29.9 Å². The predicted octanol–water partition coefficient (Wildman–Crippen LogP) is 2.60. The summed E-state index contributed by atoms with van der Waals surface area (Å²) >= 11 is 0. The number of amides is 2. The molecule has 1 aliphatic rings. The molecule has 3 heterocycles. The van der Waals surface area contributed by atoms with Gasteiger partial charge in [0, 0.05) is 30.8 Å². The van der Waals surface area contributed by atoms with Crippen molar-refractivity contribution in [3.8, 4) is 0 Å². The van der Waals surface area contributed by atoms with Gasteiger partial charge in [-0.1, -0.05) is 23.4 Å². The van der Waals surface area contributed by atoms with Crippen molar-refractivity contribution >= 4 is 22.7 Å². The Balaban J connectivity index is 1.52. The maximum atomic E-state index is 12.8. The molecule has 1 atom stereocenters. The number of aromatic nitrogens is 3. The van der Waals surface area contributed by atoms with E-state index in [-0.39, 0.29) is 24.3 Å². The Morgan fingerprint density at radius 2 is 2.06 bits per heavy atom. The van der Waals surface area contributed by atoms with Crippen LogP contribution in [-0.4, -0.2) is 57.6 Å². The topological polar surface area (TPSA) is 110 Å². The van der Waals surface area contributed by atoms with E-state index >= 15 is 0 Å². The molecule has 2 aromatic heterocycles. The molecule has 1 aliphatic heterocycles. The number of benzene rings is 1. The van der Waals surface area contributed by atoms with Crippen molar-refractivity contribution in [1.82, 2.24) is 25.3 Å². The zero-order valence-corrected chi connectivity index (χ0v) is 18.5. The van der Waals surface area contributed by atoms with E-state index in [0.29, 0.717) is 49.1 Å². The lowest BCUT2D eigenvalue weighted by atomic mass is 10.0. The van der Waals surface area contributed by atoms with Crippen LogP contribution < -0.4 is 5.32 Å². The Bertz CT molecular complexity index is 1130. The molecule has 32 heavy (non-hydrogen) atoms. The molecule has 1 aromatic carbocycles. The summed E-state index contributed by atoms with van der Waals surface area (Å²) in [5.74, 6) is 0.849. The van der Waals surface area contributed by atoms with Gasteiger partial charge in [0.1, 0.15) is 6.10 Å². The lowest BCUT2D eigenvalue weighted by molar-refractivity contribution is -0.139. The van der Waals surface area contributed by atoms with Crippen LogP contribution in [-0.2, 0) is 16.0 Å². The molecule has 9 nitrogen and oxygen atoms in total. The van der Waals surface area contributed by atoms with Crippen molar-refractivity contribution in [3.63, 3.8) is 0 Å². The number of aryl methyl sites for hydroxylation is 2. The summed E-state index contributed by atoms with van der Waals surface area (Å²) < 4.78 is 11.0. The Morgan fingerprint density at radius 3 is 2.81 bits per heavy atom. The number of ether oxygens (including phenoxy) is 1. The monoisotopic (exact) mass is 437 g/mol. The molecule has 4 rings (SSSR count). The third-order valence-electron chi connectivity index (χ3n) is 5.27. The number of hydrogen-bond acceptors (Lipinski definition) is 7. The van der Waals surface area contributed by atoms with E-state index in [1.54, 1.807) is 17.9 Å². The first-order chi connectivity index (χ1) is 15.4. The maximum Gasteiger partial charge on any atom is 0.252 e. The van der Waals surface area contributed by atoms with E-state index in [9.17, 15) is 9.59 Å². The zero-order valence-electron chi connectivity index (χ0n) is 18.5. The summed E-state index contributed by atoms with van der Waals surface area (Å²) in [6.45, 7) is 6.87. The van der Waals surface area contributed by atoms with Gasteiger partial charge in [-0.25, -0.2) is 4.98 Å². The van der Waals surface area contributed by atoms with Crippen LogP contribution in [0.2, 0.25) is 0 Å². The van der Waals surface area contributed by atoms with Gasteiger partial charge < -0.3 is 19.5 Å². The summed E-state index contributed by atoms with van der Waals surface area (Å²) in [6, 6.07) is 9.33. The molecule has 3 aromatic rings. The SMILES string of the molecule is Cc1noc(CCC(=O)N2CCO[C@H](c3cc(C(=O)NC(C)C)c4ccccc4n3)C2)n1. The molecule has 0 radical (unpaired) electrons. The first kappa shape index (κ1) is 21.9. The molecule has 1 N–H and O–H groups in total. The van der Waals surface area contributed by atoms with Crippen LogP contribution in [0.4, 0.5) is 0 Å². The van der Waals surface area contributed by atoms with E-state index in [4.69, 9.17) is 14.2 Å². The number of carbonyl (C=O) groups is 2. The molecule has 0 aliphatic carbocycles. The quantitative estimate of drug-likeness (QED) is 0.631. The highest BCUT2D eigenvalue weighted by atomic mass is 16.5. The second-order valence-electron chi connectivity index (χ2n) is 8.17. The van der Waals surface area contributed by atoms with Crippen molar-refractivity contribution in [1.29, 1.82) is 0 Å². The standard InChI is InChI=1S/C23H27N5O4/c1-14(2)24-23(30)17-12-19(26-18-7-5-4-6-16(17)18)20-13-28(10-11-31-20)22(29)9-8-21-25-15(3)27-32-21/h4-7,12,14,20H,8-11,13H2,1-3H3,(H,24,30)/t20-/m0/s1. The first-order valence-electron chi connectivity index (χ1n) is 10.8. The highest BCUT2D eigenvalue weighted by Gasteiger charge is 2.28. The second-order valence-corrected chi connectivity index (χ2v) is 8.17. The van der Waals surface area contributed by atoms with Crippen LogP contribution in [0.3, 0.4) is 0 Å². The van der Waals surface area contributed by atoms with Crippen molar-refractivity contribution in [2.75, 3.05) is 19.7 Å². The van der Waals surface area contributed by atoms with Gasteiger partial charge in [0.2, 0.25) is 11.8 Å². The molecule has 1 fully saturated rings. The van der Waals surface area contributed by atoms with Crippen molar-refractivity contribution < 1.29 is 18.8 Å². The number of rotatable bonds is 6. The van der Waals surface area contributed by atoms with Crippen molar-refractivity contribution in [2.45, 2.75) is 45.8 Å². The van der Waals surface area contributed by atoms with Gasteiger partial charge in [-0.15, -0.1) is 0 Å². The van der Waals surface area contributed by atoms with Crippen LogP contribution in [0.25, 0.3) is 10.9 Å². The lowest BCUT2D eigenvalue weighted by Crippen LogP contribution is -2.42. The predicted molar refractivity (Wildman–Crippen MR) is 117 cm³/mol. The molecule has 0 unspecified atom stereocenters. The number of fused-ring (bicyclic) bond motifs is 1. The van der Waals surface area contributed by atoms with Gasteiger partial charge in [-0.05, 0) is 32.9 Å². The van der Waals surface area contributed by atoms with Crippen LogP contribution in [0.1, 0.15) is 54.1 Å². The minimum absolute atomic E-state index is 0.00674. The van der Waals surface area contributed by atoms with Crippen LogP contribution in [0.5, 0.6) is 0 Å². The molecule has 168 valence electrons. The van der Waals surface area contributed by atoms with Gasteiger partial charge in [0.15, 0.2) is 5.82 Å². The minimum Gasteiger partial charge on any atom is -0.368 e. The average Bonchev–Trinajstić information content (AvgIpc) is 3.21. The molecule has 0 saturated carbocycles. The third-order valence-corrected chi connectivity index (χ3v) is 5.27. The van der Waals surface area contributed by atoms with E-state index in [1.807, 2.05) is 38.1 Å². The highest BCUT2D eigenvalue weighted by molar-refractivity contribution is 6.06. The zero-order chi connectivity index (χ0) is 22.7. The number of pyridine rings is 1. The normalized spacial score (nSPS) is 16.5. The van der Waals surface area contributed by atoms with Crippen molar-refractivity contribution in [3.05, 3.63) is 53.3 Å². The number of nitrogens with one attached hydrogen (secondary N) is 1. The molecule has 2 amide bonds. The van der Waals surface area contributed by atoms with Crippen LogP contribution in [0.15, 0.2) is 34.9 Å². The Morgan fingerprint density at radius 1 is 1.25 bits per heavy atom. The molecule has 1 saturated heterocycles. The fourth-order valence-electron chi connectivity index (χ4n) is 3.76. The van der Waals surface area contributed by atoms with E-state index in [0.717, 1.165) is 10.9 Å². The second kappa shape index (κ2) is 9.44. The number of hydrogen-bond donors (Lipinski definition) is 1. The van der Waals surface area contributed by atoms with Crippen LogP contribution in [0, 0.1) is 6.92 Å². The van der Waals surface area contributed by atoms with Crippen molar-refractivity contribution in [2.24, 2.45) is 0 Å². The van der Waals surface area contributed by atoms with Gasteiger partial charge >= 0.3 is 0 Å². The van der Waals surface area contributed by atoms with Gasteiger partial charge in [-0.2, -0.15) is 4.98 Å². The maximum absolute atomic E-state index is 12.8. The third kappa shape index (κ3) is 4.94. The molecule has 9 heteroatoms. The van der Waals surface area contributed by atoms with E-state index < -0.39 is 6.10 Å². The van der Waals surface area contributed by atoms with E-state index in [2.05, 4.69) is 15.5 Å². The molecule has 0 spiro atoms. The minimum atomic E-state index is -0.409. The summed E-state index contributed by atoms with van der Waals surface area (Å²) in [5, 5.41) is 7.49. The molecule has 0 bridgehead atoms. The molecular formula is C23H27N5O4. The highest BCUT2D eigenvalue weighted by Crippen LogP contribution is 2.26. The number of carbonyl (C=O) groups excluding carboxylic acids is 2. The Hall–Kier alpha value is -3.33. The number of morpholine rings is 1. The number of nitrogens with zero attached hydrogens (tertiary/aromatic N) is 4. The first-order valence-corrected chi connectivity index (χ1v) is 10.8. The molecular weight excluding hydrogens is 410 g/mol. The number of para-hydroxylation sites is 1. The largest absolute Gasteiger partial charge is 0.368 e. The summed E-state index contributed by atoms with van der Waals surface area (Å²) in [5.41, 5.74) is 1.92. The van der Waals surface area contributed by atoms with Gasteiger partial charge in [0.25, 0.3) is 5.91 Å². The van der Waals surface area contributed by atoms with Gasteiger partial charge in [-0.3, -0.25) is 9.59 Å². The smallest absolute Gasteiger partial charge is 0.252 e. The van der Waals surface area contributed by atoms with E-state index in [1.165, 1.54) is 0 Å². The summed E-state index contributed by atoms with van der Waals surface area (Å²) in [7, 11) is 0. The Kier molecular flexibility index (Phi) is 6.45. The fraction of sp³-hybridized carbons (Fsp3) is 0.435. The summed E-state index contributed by atoms with van der Waals surface area (Å²) in [4.78, 5) is 36.2. The van der Waals surface area contributed by atoms with Crippen LogP contribution >= 0.6 is 0 Å². The fourth-order valence-corrected chi connectivity index (χ4v) is 3.76. The Labute approximate surface area is 186 Å². The lowest BCUT2D eigenvalue weighted by Gasteiger charge is -2.33.